The SMILES string of the molecule is C=C(C(=O)Oc1ccccc1)C(Cl)Cl. The number of hydrogen-bond acceptors (Lipinski definition) is 2. The number of carbonyl (C=O) groups is 1. The summed E-state index contributed by atoms with van der Waals surface area (Å²) in [5.74, 6) is -0.182. The molecule has 0 aromatic heterocycles. The Morgan fingerprint density at radius 2 is 1.86 bits per heavy atom. The van der Waals surface area contributed by atoms with Crippen LogP contribution in [0.5, 0.6) is 5.75 Å². The van der Waals surface area contributed by atoms with Crippen LogP contribution in [0.15, 0.2) is 42.5 Å². The van der Waals surface area contributed by atoms with Crippen LogP contribution in [0.25, 0.3) is 0 Å². The maximum absolute atomic E-state index is 11.3. The van der Waals surface area contributed by atoms with Gasteiger partial charge in [0.15, 0.2) is 0 Å². The molecule has 0 N–H and O–H groups in total. The summed E-state index contributed by atoms with van der Waals surface area (Å²) in [6.07, 6.45) is 0. The van der Waals surface area contributed by atoms with E-state index in [0.29, 0.717) is 5.75 Å². The summed E-state index contributed by atoms with van der Waals surface area (Å²) in [5, 5.41) is 0. The van der Waals surface area contributed by atoms with Crippen molar-refractivity contribution in [1.29, 1.82) is 0 Å². The molecule has 0 radical (unpaired) electrons. The molecule has 0 aliphatic rings. The fraction of sp³-hybridized carbons (Fsp3) is 0.100. The minimum absolute atomic E-state index is 0.0252. The number of alkyl halides is 2. The van der Waals surface area contributed by atoms with Crippen molar-refractivity contribution in [3.8, 4) is 5.75 Å². The van der Waals surface area contributed by atoms with Crippen LogP contribution in [0.4, 0.5) is 0 Å². The summed E-state index contributed by atoms with van der Waals surface area (Å²) in [5.41, 5.74) is 0.0252. The zero-order chi connectivity index (χ0) is 10.6. The highest BCUT2D eigenvalue weighted by Gasteiger charge is 2.15. The Balaban J connectivity index is 2.63. The third kappa shape index (κ3) is 3.05. The molecule has 0 spiro atoms. The minimum atomic E-state index is -0.939. The first-order valence-electron chi connectivity index (χ1n) is 3.85. The van der Waals surface area contributed by atoms with E-state index in [2.05, 4.69) is 6.58 Å². The van der Waals surface area contributed by atoms with Gasteiger partial charge >= 0.3 is 5.97 Å². The molecule has 2 nitrogen and oxygen atoms in total. The molecule has 0 heterocycles. The van der Waals surface area contributed by atoms with E-state index in [4.69, 9.17) is 27.9 Å². The quantitative estimate of drug-likeness (QED) is 0.346. The zero-order valence-corrected chi connectivity index (χ0v) is 8.76. The molecule has 14 heavy (non-hydrogen) atoms. The molecule has 1 aromatic rings. The monoisotopic (exact) mass is 230 g/mol. The number of esters is 1. The van der Waals surface area contributed by atoms with Crippen molar-refractivity contribution in [2.75, 3.05) is 0 Å². The van der Waals surface area contributed by atoms with Gasteiger partial charge < -0.3 is 4.74 Å². The average molecular weight is 231 g/mol. The van der Waals surface area contributed by atoms with Crippen molar-refractivity contribution >= 4 is 29.2 Å². The second-order valence-electron chi connectivity index (χ2n) is 2.53. The maximum Gasteiger partial charge on any atom is 0.341 e. The van der Waals surface area contributed by atoms with E-state index >= 15 is 0 Å². The second kappa shape index (κ2) is 5.03. The molecule has 0 aliphatic heterocycles. The summed E-state index contributed by atoms with van der Waals surface area (Å²) < 4.78 is 4.93. The molecular formula is C10H8Cl2O2. The Morgan fingerprint density at radius 3 is 2.36 bits per heavy atom. The molecule has 0 atom stereocenters. The third-order valence-electron chi connectivity index (χ3n) is 1.48. The Labute approximate surface area is 92.1 Å². The summed E-state index contributed by atoms with van der Waals surface area (Å²) in [4.78, 5) is 10.3. The predicted octanol–water partition coefficient (Wildman–Crippen LogP) is 2.95. The van der Waals surface area contributed by atoms with Crippen molar-refractivity contribution < 1.29 is 9.53 Å². The van der Waals surface area contributed by atoms with Gasteiger partial charge in [-0.05, 0) is 12.1 Å². The first kappa shape index (κ1) is 11.1. The number of rotatable bonds is 3. The zero-order valence-electron chi connectivity index (χ0n) is 7.24. The van der Waals surface area contributed by atoms with Crippen LogP contribution in [-0.4, -0.2) is 10.8 Å². The topological polar surface area (TPSA) is 26.3 Å². The van der Waals surface area contributed by atoms with Crippen molar-refractivity contribution in [2.24, 2.45) is 0 Å². The number of halogens is 2. The Morgan fingerprint density at radius 1 is 1.29 bits per heavy atom. The molecule has 74 valence electrons. The molecule has 0 saturated heterocycles. The molecule has 0 amide bonds. The van der Waals surface area contributed by atoms with Crippen LogP contribution < -0.4 is 4.74 Å². The van der Waals surface area contributed by atoms with Crippen molar-refractivity contribution in [2.45, 2.75) is 4.84 Å². The molecule has 0 fully saturated rings. The molecule has 0 bridgehead atoms. The van der Waals surface area contributed by atoms with Gasteiger partial charge in [-0.15, -0.1) is 0 Å². The summed E-state index contributed by atoms with van der Waals surface area (Å²) in [6.45, 7) is 3.41. The summed E-state index contributed by atoms with van der Waals surface area (Å²) in [7, 11) is 0. The lowest BCUT2D eigenvalue weighted by Crippen LogP contribution is -2.14. The van der Waals surface area contributed by atoms with E-state index in [0.717, 1.165) is 0 Å². The van der Waals surface area contributed by atoms with E-state index < -0.39 is 10.8 Å². The lowest BCUT2D eigenvalue weighted by atomic mass is 10.3. The standard InChI is InChI=1S/C10H8Cl2O2/c1-7(9(11)12)10(13)14-8-5-3-2-4-6-8/h2-6,9H,1H2. The fourth-order valence-corrected chi connectivity index (χ4v) is 0.928. The van der Waals surface area contributed by atoms with Gasteiger partial charge in [0.1, 0.15) is 10.6 Å². The summed E-state index contributed by atoms with van der Waals surface area (Å²) >= 11 is 10.9. The molecule has 0 aliphatic carbocycles. The number of benzene rings is 1. The van der Waals surface area contributed by atoms with Gasteiger partial charge in [-0.25, -0.2) is 4.79 Å². The first-order chi connectivity index (χ1) is 6.61. The lowest BCUT2D eigenvalue weighted by molar-refractivity contribution is -0.130. The van der Waals surface area contributed by atoms with Crippen LogP contribution >= 0.6 is 23.2 Å². The summed E-state index contributed by atoms with van der Waals surface area (Å²) in [6, 6.07) is 8.64. The van der Waals surface area contributed by atoms with E-state index in [1.54, 1.807) is 24.3 Å². The van der Waals surface area contributed by atoms with Crippen LogP contribution in [-0.2, 0) is 4.79 Å². The largest absolute Gasteiger partial charge is 0.423 e. The smallest absolute Gasteiger partial charge is 0.341 e. The van der Waals surface area contributed by atoms with E-state index in [1.807, 2.05) is 6.07 Å². The van der Waals surface area contributed by atoms with Gasteiger partial charge in [0.2, 0.25) is 0 Å². The Kier molecular flexibility index (Phi) is 3.98. The normalized spacial score (nSPS) is 9.93. The van der Waals surface area contributed by atoms with E-state index in [1.165, 1.54) is 0 Å². The number of hydrogen-bond donors (Lipinski definition) is 0. The first-order valence-corrected chi connectivity index (χ1v) is 4.72. The van der Waals surface area contributed by atoms with Crippen LogP contribution in [0.1, 0.15) is 0 Å². The molecule has 1 rings (SSSR count). The van der Waals surface area contributed by atoms with E-state index in [9.17, 15) is 4.79 Å². The Hall–Kier alpha value is -0.990. The molecular weight excluding hydrogens is 223 g/mol. The van der Waals surface area contributed by atoms with Gasteiger partial charge in [0.25, 0.3) is 0 Å². The molecule has 0 saturated carbocycles. The van der Waals surface area contributed by atoms with Gasteiger partial charge in [0.05, 0.1) is 5.57 Å². The molecule has 0 unspecified atom stereocenters. The third-order valence-corrected chi connectivity index (χ3v) is 2.01. The number of carbonyl (C=O) groups excluding carboxylic acids is 1. The van der Waals surface area contributed by atoms with Gasteiger partial charge in [0, 0.05) is 0 Å². The lowest BCUT2D eigenvalue weighted by Gasteiger charge is -2.06. The molecule has 4 heteroatoms. The maximum atomic E-state index is 11.3. The second-order valence-corrected chi connectivity index (χ2v) is 3.62. The minimum Gasteiger partial charge on any atom is -0.423 e. The highest BCUT2D eigenvalue weighted by Crippen LogP contribution is 2.16. The highest BCUT2D eigenvalue weighted by atomic mass is 35.5. The highest BCUT2D eigenvalue weighted by molar-refractivity contribution is 6.48. The van der Waals surface area contributed by atoms with Crippen LogP contribution in [0, 0.1) is 0 Å². The number of ether oxygens (including phenoxy) is 1. The van der Waals surface area contributed by atoms with Gasteiger partial charge in [-0.2, -0.15) is 0 Å². The van der Waals surface area contributed by atoms with Crippen LogP contribution in [0.3, 0.4) is 0 Å². The van der Waals surface area contributed by atoms with Crippen molar-refractivity contribution in [3.63, 3.8) is 0 Å². The fourth-order valence-electron chi connectivity index (χ4n) is 0.750. The average Bonchev–Trinajstić information content (AvgIpc) is 2.18. The van der Waals surface area contributed by atoms with E-state index in [-0.39, 0.29) is 5.57 Å². The Bertz CT molecular complexity index is 333. The van der Waals surface area contributed by atoms with Crippen LogP contribution in [0.2, 0.25) is 0 Å². The van der Waals surface area contributed by atoms with Crippen molar-refractivity contribution in [3.05, 3.63) is 42.5 Å². The molecule has 1 aromatic carbocycles. The number of para-hydroxylation sites is 1. The van der Waals surface area contributed by atoms with Gasteiger partial charge in [-0.1, -0.05) is 48.0 Å². The van der Waals surface area contributed by atoms with Crippen molar-refractivity contribution in [1.82, 2.24) is 0 Å². The van der Waals surface area contributed by atoms with Gasteiger partial charge in [-0.3, -0.25) is 0 Å². The predicted molar refractivity (Wildman–Crippen MR) is 56.7 cm³/mol.